The lowest BCUT2D eigenvalue weighted by Crippen LogP contribution is -1.80. The standard InChI is InChI=1S/C8H12FN/c1-5-10-7(4)8(9)6(2)3/h5H,2H2,1,3-4H3/b8-7+,10-5?. The summed E-state index contributed by atoms with van der Waals surface area (Å²) in [6.07, 6.45) is 1.55. The van der Waals surface area contributed by atoms with Crippen molar-refractivity contribution in [3.8, 4) is 0 Å². The first-order valence-electron chi connectivity index (χ1n) is 3.10. The highest BCUT2D eigenvalue weighted by atomic mass is 19.1. The molecule has 0 aromatic heterocycles. The second kappa shape index (κ2) is 3.99. The Morgan fingerprint density at radius 2 is 2.00 bits per heavy atom. The molecule has 0 aliphatic rings. The lowest BCUT2D eigenvalue weighted by molar-refractivity contribution is 0.638. The monoisotopic (exact) mass is 141 g/mol. The Morgan fingerprint density at radius 1 is 1.50 bits per heavy atom. The van der Waals surface area contributed by atoms with Crippen molar-refractivity contribution in [1.29, 1.82) is 0 Å². The number of hydrogen-bond acceptors (Lipinski definition) is 1. The van der Waals surface area contributed by atoms with Gasteiger partial charge in [0.1, 0.15) is 5.83 Å². The van der Waals surface area contributed by atoms with Crippen LogP contribution < -0.4 is 0 Å². The molecule has 0 bridgehead atoms. The topological polar surface area (TPSA) is 12.4 Å². The summed E-state index contributed by atoms with van der Waals surface area (Å²) in [4.78, 5) is 3.76. The Balaban J connectivity index is 4.50. The first kappa shape index (κ1) is 9.08. The first-order chi connectivity index (χ1) is 4.59. The zero-order valence-electron chi connectivity index (χ0n) is 6.61. The fraction of sp³-hybridized carbons (Fsp3) is 0.375. The summed E-state index contributed by atoms with van der Waals surface area (Å²) in [5.41, 5.74) is 0.804. The zero-order chi connectivity index (χ0) is 8.15. The summed E-state index contributed by atoms with van der Waals surface area (Å²) >= 11 is 0. The molecule has 0 saturated heterocycles. The molecule has 0 N–H and O–H groups in total. The molecule has 0 saturated carbocycles. The van der Waals surface area contributed by atoms with Gasteiger partial charge in [0.2, 0.25) is 0 Å². The maximum Gasteiger partial charge on any atom is 0.146 e. The molecule has 0 unspecified atom stereocenters. The van der Waals surface area contributed by atoms with E-state index in [4.69, 9.17) is 0 Å². The number of nitrogens with zero attached hydrogens (tertiary/aromatic N) is 1. The molecular formula is C8H12FN. The number of hydrogen-bond donors (Lipinski definition) is 0. The van der Waals surface area contributed by atoms with Crippen LogP contribution in [0.15, 0.2) is 28.7 Å². The Bertz CT molecular complexity index is 189. The SMILES string of the molecule is C=C(C)/C(F)=C(/C)N=CC. The van der Waals surface area contributed by atoms with Crippen LogP contribution in [0.25, 0.3) is 0 Å². The molecule has 2 heteroatoms. The summed E-state index contributed by atoms with van der Waals surface area (Å²) in [7, 11) is 0. The van der Waals surface area contributed by atoms with Gasteiger partial charge in [-0.15, -0.1) is 0 Å². The lowest BCUT2D eigenvalue weighted by atomic mass is 10.2. The fourth-order valence-corrected chi connectivity index (χ4v) is 0.559. The number of rotatable bonds is 2. The van der Waals surface area contributed by atoms with Crippen molar-refractivity contribution in [3.05, 3.63) is 23.7 Å². The molecule has 0 aromatic carbocycles. The minimum absolute atomic E-state index is 0.321. The maximum absolute atomic E-state index is 12.8. The van der Waals surface area contributed by atoms with Crippen molar-refractivity contribution in [2.75, 3.05) is 0 Å². The van der Waals surface area contributed by atoms with Crippen LogP contribution in [0, 0.1) is 0 Å². The number of allylic oxidation sites excluding steroid dienone is 3. The predicted octanol–water partition coefficient (Wildman–Crippen LogP) is 2.85. The van der Waals surface area contributed by atoms with Crippen molar-refractivity contribution in [1.82, 2.24) is 0 Å². The molecule has 0 fully saturated rings. The van der Waals surface area contributed by atoms with E-state index >= 15 is 0 Å². The van der Waals surface area contributed by atoms with Gasteiger partial charge in [-0.05, 0) is 26.3 Å². The van der Waals surface area contributed by atoms with Gasteiger partial charge in [0.15, 0.2) is 0 Å². The van der Waals surface area contributed by atoms with E-state index in [1.165, 1.54) is 0 Å². The molecular weight excluding hydrogens is 129 g/mol. The summed E-state index contributed by atoms with van der Waals surface area (Å²) in [6, 6.07) is 0. The lowest BCUT2D eigenvalue weighted by Gasteiger charge is -1.95. The largest absolute Gasteiger partial charge is 0.263 e. The minimum atomic E-state index is -0.321. The van der Waals surface area contributed by atoms with Crippen LogP contribution in [0.2, 0.25) is 0 Å². The molecule has 0 radical (unpaired) electrons. The maximum atomic E-state index is 12.8. The molecule has 56 valence electrons. The molecule has 0 aliphatic carbocycles. The molecule has 0 aromatic rings. The van der Waals surface area contributed by atoms with Crippen LogP contribution in [0.3, 0.4) is 0 Å². The summed E-state index contributed by atoms with van der Waals surface area (Å²) in [5.74, 6) is -0.321. The molecule has 0 rings (SSSR count). The van der Waals surface area contributed by atoms with E-state index in [-0.39, 0.29) is 5.83 Å². The van der Waals surface area contributed by atoms with Gasteiger partial charge in [-0.2, -0.15) is 0 Å². The van der Waals surface area contributed by atoms with E-state index in [0.717, 1.165) is 0 Å². The fourth-order valence-electron chi connectivity index (χ4n) is 0.559. The Labute approximate surface area is 61.0 Å². The Hall–Kier alpha value is -0.920. The van der Waals surface area contributed by atoms with Crippen LogP contribution >= 0.6 is 0 Å². The average Bonchev–Trinajstić information content (AvgIpc) is 1.87. The van der Waals surface area contributed by atoms with Crippen LogP contribution in [0.1, 0.15) is 20.8 Å². The van der Waals surface area contributed by atoms with Gasteiger partial charge in [0, 0.05) is 6.21 Å². The highest BCUT2D eigenvalue weighted by molar-refractivity contribution is 5.55. The quantitative estimate of drug-likeness (QED) is 0.414. The van der Waals surface area contributed by atoms with E-state index in [9.17, 15) is 4.39 Å². The number of aliphatic imine (C=N–C) groups is 1. The molecule has 1 nitrogen and oxygen atoms in total. The van der Waals surface area contributed by atoms with Crippen molar-refractivity contribution < 1.29 is 4.39 Å². The predicted molar refractivity (Wildman–Crippen MR) is 42.8 cm³/mol. The summed E-state index contributed by atoms with van der Waals surface area (Å²) in [5, 5.41) is 0. The summed E-state index contributed by atoms with van der Waals surface area (Å²) < 4.78 is 12.8. The summed E-state index contributed by atoms with van der Waals surface area (Å²) in [6.45, 7) is 8.43. The second-order valence-corrected chi connectivity index (χ2v) is 2.07. The Kier molecular flexibility index (Phi) is 3.62. The van der Waals surface area contributed by atoms with Gasteiger partial charge in [0.05, 0.1) is 5.70 Å². The van der Waals surface area contributed by atoms with Gasteiger partial charge < -0.3 is 0 Å². The third-order valence-electron chi connectivity index (χ3n) is 1.02. The molecule has 0 heterocycles. The van der Waals surface area contributed by atoms with Gasteiger partial charge in [-0.3, -0.25) is 4.99 Å². The van der Waals surface area contributed by atoms with Crippen molar-refractivity contribution >= 4 is 6.21 Å². The second-order valence-electron chi connectivity index (χ2n) is 2.07. The van der Waals surface area contributed by atoms with Crippen molar-refractivity contribution in [2.45, 2.75) is 20.8 Å². The molecule has 0 atom stereocenters. The van der Waals surface area contributed by atoms with Crippen LogP contribution in [0.4, 0.5) is 4.39 Å². The smallest absolute Gasteiger partial charge is 0.146 e. The molecule has 0 aliphatic heterocycles. The normalized spacial score (nSPS) is 13.6. The van der Waals surface area contributed by atoms with Gasteiger partial charge in [0.25, 0.3) is 0 Å². The average molecular weight is 141 g/mol. The van der Waals surface area contributed by atoms with Crippen LogP contribution in [-0.4, -0.2) is 6.21 Å². The van der Waals surface area contributed by atoms with E-state index in [2.05, 4.69) is 11.6 Å². The molecule has 0 spiro atoms. The molecule has 10 heavy (non-hydrogen) atoms. The van der Waals surface area contributed by atoms with Gasteiger partial charge >= 0.3 is 0 Å². The minimum Gasteiger partial charge on any atom is -0.263 e. The van der Waals surface area contributed by atoms with Crippen molar-refractivity contribution in [3.63, 3.8) is 0 Å². The van der Waals surface area contributed by atoms with Crippen molar-refractivity contribution in [2.24, 2.45) is 4.99 Å². The molecule has 0 amide bonds. The Morgan fingerprint density at radius 3 is 2.30 bits per heavy atom. The first-order valence-corrected chi connectivity index (χ1v) is 3.10. The van der Waals surface area contributed by atoms with Gasteiger partial charge in [-0.1, -0.05) is 6.58 Å². The van der Waals surface area contributed by atoms with E-state index in [1.807, 2.05) is 0 Å². The van der Waals surface area contributed by atoms with Crippen LogP contribution in [-0.2, 0) is 0 Å². The van der Waals surface area contributed by atoms with E-state index < -0.39 is 0 Å². The third-order valence-corrected chi connectivity index (χ3v) is 1.02. The number of halogens is 1. The highest BCUT2D eigenvalue weighted by Crippen LogP contribution is 2.13. The van der Waals surface area contributed by atoms with Gasteiger partial charge in [-0.25, -0.2) is 4.39 Å². The van der Waals surface area contributed by atoms with Crippen LogP contribution in [0.5, 0.6) is 0 Å². The zero-order valence-corrected chi connectivity index (χ0v) is 6.61. The van der Waals surface area contributed by atoms with E-state index in [0.29, 0.717) is 11.3 Å². The third kappa shape index (κ3) is 2.58. The van der Waals surface area contributed by atoms with E-state index in [1.54, 1.807) is 27.0 Å². The highest BCUT2D eigenvalue weighted by Gasteiger charge is 1.98.